The molecule has 2 aromatic heterocycles. The Hall–Kier alpha value is -3.25. The van der Waals surface area contributed by atoms with Crippen molar-refractivity contribution in [2.75, 3.05) is 13.1 Å². The minimum absolute atomic E-state index is 0.0582. The number of nitrogens with zero attached hydrogens (tertiary/aromatic N) is 3. The van der Waals surface area contributed by atoms with E-state index in [4.69, 9.17) is 9.79 Å². The van der Waals surface area contributed by atoms with Crippen LogP contribution in [-0.2, 0) is 19.8 Å². The number of fused-ring (bicyclic) bond motifs is 4. The summed E-state index contributed by atoms with van der Waals surface area (Å²) in [7, 11) is -5.75. The van der Waals surface area contributed by atoms with Crippen LogP contribution < -0.4 is 5.32 Å². The maximum Gasteiger partial charge on any atom is 0.399 e. The average molecular weight is 645 g/mol. The highest BCUT2D eigenvalue weighted by Crippen LogP contribution is 2.62. The van der Waals surface area contributed by atoms with Gasteiger partial charge in [-0.15, -0.1) is 11.3 Å². The van der Waals surface area contributed by atoms with Crippen molar-refractivity contribution in [3.63, 3.8) is 0 Å². The van der Waals surface area contributed by atoms with Crippen LogP contribution in [-0.4, -0.2) is 73.5 Å². The summed E-state index contributed by atoms with van der Waals surface area (Å²) < 4.78 is 40.4. The Morgan fingerprint density at radius 3 is 2.64 bits per heavy atom. The summed E-state index contributed by atoms with van der Waals surface area (Å²) in [5.41, 5.74) is -4.28. The van der Waals surface area contributed by atoms with Gasteiger partial charge >= 0.3 is 13.3 Å². The number of nitrogens with one attached hydrogen (secondary N) is 1. The van der Waals surface area contributed by atoms with Gasteiger partial charge in [0, 0.05) is 47.7 Å². The zero-order valence-electron chi connectivity index (χ0n) is 23.7. The second-order valence-electron chi connectivity index (χ2n) is 12.8. The smallest absolute Gasteiger partial charge is 0.340 e. The molecule has 3 aromatic rings. The Bertz CT molecular complexity index is 1730. The molecule has 10 nitrogen and oxygen atoms in total. The Labute approximate surface area is 255 Å². The maximum absolute atomic E-state index is 14.3. The van der Waals surface area contributed by atoms with Crippen LogP contribution in [0.4, 0.5) is 8.78 Å². The van der Waals surface area contributed by atoms with Gasteiger partial charge in [-0.3, -0.25) is 23.9 Å². The van der Waals surface area contributed by atoms with Gasteiger partial charge in [-0.1, -0.05) is 19.1 Å². The molecule has 4 aliphatic rings. The molecule has 44 heavy (non-hydrogen) atoms. The normalized spacial score (nSPS) is 28.7. The summed E-state index contributed by atoms with van der Waals surface area (Å²) in [6, 6.07) is 6.96. The van der Waals surface area contributed by atoms with Crippen molar-refractivity contribution >= 4 is 46.7 Å². The van der Waals surface area contributed by atoms with Gasteiger partial charge in [0.15, 0.2) is 0 Å². The molecule has 3 aliphatic heterocycles. The summed E-state index contributed by atoms with van der Waals surface area (Å²) in [5.74, 6) is -0.423. The highest BCUT2D eigenvalue weighted by atomic mass is 32.1. The number of amides is 3. The lowest BCUT2D eigenvalue weighted by Crippen LogP contribution is -2.59. The fourth-order valence-electron chi connectivity index (χ4n) is 7.35. The molecule has 4 fully saturated rings. The van der Waals surface area contributed by atoms with Crippen LogP contribution in [0.5, 0.6) is 0 Å². The molecular weight excluding hydrogens is 613 g/mol. The number of carbonyl (C=O) groups excluding carboxylic acids is 3. The van der Waals surface area contributed by atoms with E-state index in [1.807, 2.05) is 18.3 Å². The average Bonchev–Trinajstić information content (AvgIpc) is 3.28. The number of hydrogen-bond acceptors (Lipinski definition) is 6. The Kier molecular flexibility index (Phi) is 6.78. The Balaban J connectivity index is 1.09. The molecule has 0 spiro atoms. The van der Waals surface area contributed by atoms with E-state index in [0.717, 1.165) is 41.9 Å². The SMILES string of the molecule is C[C@@]12C[C@H](NC(=O)c3cc4cc(C(F)(F)P(=O)(O)O)ccc4s3)C(=O)N3[C@H](CC[C@H]3C(=O)N3CC(c4cccnc4)C3)[C@@H]1C2. The second kappa shape index (κ2) is 10.1. The zero-order valence-corrected chi connectivity index (χ0v) is 25.4. The first-order valence-corrected chi connectivity index (χ1v) is 17.0. The van der Waals surface area contributed by atoms with Crippen LogP contribution in [0.1, 0.15) is 59.3 Å². The number of aromatic nitrogens is 1. The monoisotopic (exact) mass is 644 g/mol. The largest absolute Gasteiger partial charge is 0.399 e. The number of pyridine rings is 1. The molecule has 1 aromatic carbocycles. The standard InChI is InChI=1S/C30H31F2N4O6PS/c1-29-11-20(29)22-5-6-23(28(39)35-14-18(15-35)16-3-2-8-33-13-16)36(22)27(38)21(12-29)34-26(37)25-10-17-9-19(4-7-24(17)44-25)30(31,32)43(40,41)42/h2-4,7-10,13,18,20-23H,5-6,11-12,14-15H2,1H3,(H,34,37)(H2,40,41,42)/t20-,21-,22+,23-,29+/m0/s1. The van der Waals surface area contributed by atoms with Gasteiger partial charge in [0.1, 0.15) is 12.1 Å². The number of rotatable bonds is 6. The molecule has 1 saturated carbocycles. The van der Waals surface area contributed by atoms with Crippen molar-refractivity contribution in [3.8, 4) is 0 Å². The molecule has 7 rings (SSSR count). The lowest BCUT2D eigenvalue weighted by Gasteiger charge is -2.42. The lowest BCUT2D eigenvalue weighted by atomic mass is 9.91. The van der Waals surface area contributed by atoms with Crippen LogP contribution >= 0.6 is 18.9 Å². The topological polar surface area (TPSA) is 140 Å². The molecule has 5 atom stereocenters. The van der Waals surface area contributed by atoms with Crippen molar-refractivity contribution in [1.82, 2.24) is 20.1 Å². The molecule has 0 bridgehead atoms. The van der Waals surface area contributed by atoms with Crippen LogP contribution in [0.2, 0.25) is 0 Å². The third-order valence-electron chi connectivity index (χ3n) is 9.93. The van der Waals surface area contributed by atoms with E-state index in [2.05, 4.69) is 17.2 Å². The van der Waals surface area contributed by atoms with Crippen molar-refractivity contribution in [2.45, 2.75) is 62.3 Å². The fourth-order valence-corrected chi connectivity index (χ4v) is 8.78. The highest BCUT2D eigenvalue weighted by Gasteiger charge is 2.63. The Morgan fingerprint density at radius 1 is 1.16 bits per heavy atom. The van der Waals surface area contributed by atoms with Gasteiger partial charge in [-0.2, -0.15) is 8.78 Å². The van der Waals surface area contributed by atoms with Crippen LogP contribution in [0, 0.1) is 11.3 Å². The molecule has 3 saturated heterocycles. The molecule has 3 amide bonds. The molecular formula is C30H31F2N4O6PS. The van der Waals surface area contributed by atoms with E-state index in [0.29, 0.717) is 30.6 Å². The molecule has 14 heteroatoms. The second-order valence-corrected chi connectivity index (χ2v) is 15.5. The minimum atomic E-state index is -5.75. The van der Waals surface area contributed by atoms with Gasteiger partial charge in [0.2, 0.25) is 11.8 Å². The number of likely N-dealkylation sites (tertiary alicyclic amines) is 1. The van der Waals surface area contributed by atoms with Crippen LogP contribution in [0.15, 0.2) is 48.8 Å². The third kappa shape index (κ3) is 4.76. The first-order valence-electron chi connectivity index (χ1n) is 14.6. The van der Waals surface area contributed by atoms with Crippen LogP contribution in [0.3, 0.4) is 0 Å². The van der Waals surface area contributed by atoms with Crippen LogP contribution in [0.25, 0.3) is 10.1 Å². The van der Waals surface area contributed by atoms with E-state index >= 15 is 0 Å². The van der Waals surface area contributed by atoms with Gasteiger partial charge < -0.3 is 24.9 Å². The number of carbonyl (C=O) groups is 3. The molecule has 3 N–H and O–H groups in total. The van der Waals surface area contributed by atoms with E-state index in [1.54, 1.807) is 16.0 Å². The quantitative estimate of drug-likeness (QED) is 0.344. The Morgan fingerprint density at radius 2 is 1.93 bits per heavy atom. The van der Waals surface area contributed by atoms with E-state index in [-0.39, 0.29) is 45.4 Å². The van der Waals surface area contributed by atoms with E-state index < -0.39 is 36.8 Å². The van der Waals surface area contributed by atoms with Gasteiger partial charge in [-0.05, 0) is 72.2 Å². The van der Waals surface area contributed by atoms with Gasteiger partial charge in [0.05, 0.1) is 4.88 Å². The lowest BCUT2D eigenvalue weighted by molar-refractivity contribution is -0.149. The number of benzene rings is 1. The highest BCUT2D eigenvalue weighted by molar-refractivity contribution is 7.52. The fraction of sp³-hybridized carbons (Fsp3) is 0.467. The summed E-state index contributed by atoms with van der Waals surface area (Å²) in [6.07, 6.45) is 6.18. The third-order valence-corrected chi connectivity index (χ3v) is 12.0. The molecule has 5 heterocycles. The summed E-state index contributed by atoms with van der Waals surface area (Å²) in [6.45, 7) is 3.25. The minimum Gasteiger partial charge on any atom is -0.340 e. The zero-order chi connectivity index (χ0) is 31.2. The van der Waals surface area contributed by atoms with E-state index in [9.17, 15) is 27.7 Å². The molecule has 0 radical (unpaired) electrons. The number of thiophene rings is 1. The molecule has 0 unspecified atom stereocenters. The maximum atomic E-state index is 14.3. The number of alkyl halides is 2. The van der Waals surface area contributed by atoms with Crippen molar-refractivity contribution < 1.29 is 37.5 Å². The first kappa shape index (κ1) is 29.5. The van der Waals surface area contributed by atoms with E-state index in [1.165, 1.54) is 12.1 Å². The summed E-state index contributed by atoms with van der Waals surface area (Å²) in [4.78, 5) is 67.2. The summed E-state index contributed by atoms with van der Waals surface area (Å²) >= 11 is 1.03. The number of halogens is 2. The van der Waals surface area contributed by atoms with Gasteiger partial charge in [-0.25, -0.2) is 0 Å². The predicted octanol–water partition coefficient (Wildman–Crippen LogP) is 4.04. The van der Waals surface area contributed by atoms with Crippen molar-refractivity contribution in [2.24, 2.45) is 11.3 Å². The molecule has 232 valence electrons. The summed E-state index contributed by atoms with van der Waals surface area (Å²) in [5, 5.41) is 3.10. The predicted molar refractivity (Wildman–Crippen MR) is 157 cm³/mol. The van der Waals surface area contributed by atoms with Gasteiger partial charge in [0.25, 0.3) is 5.91 Å². The molecule has 1 aliphatic carbocycles. The van der Waals surface area contributed by atoms with Crippen molar-refractivity contribution in [3.05, 3.63) is 64.8 Å². The van der Waals surface area contributed by atoms with Crippen molar-refractivity contribution in [1.29, 1.82) is 0 Å². The number of hydrogen-bond donors (Lipinski definition) is 3. The first-order chi connectivity index (χ1) is 20.8.